The third kappa shape index (κ3) is 2.28. The number of benzene rings is 2. The summed E-state index contributed by atoms with van der Waals surface area (Å²) < 4.78 is 14.0. The molecule has 0 saturated heterocycles. The summed E-state index contributed by atoms with van der Waals surface area (Å²) in [6, 6.07) is 16.6. The van der Waals surface area contributed by atoms with E-state index in [0.29, 0.717) is 5.56 Å². The van der Waals surface area contributed by atoms with Gasteiger partial charge in [-0.3, -0.25) is 4.98 Å². The maximum absolute atomic E-state index is 14.0. The summed E-state index contributed by atoms with van der Waals surface area (Å²) in [5.74, 6) is -0.201. The molecule has 0 aliphatic heterocycles. The van der Waals surface area contributed by atoms with Gasteiger partial charge in [-0.2, -0.15) is 0 Å². The first-order valence-corrected chi connectivity index (χ1v) is 6.56. The van der Waals surface area contributed by atoms with Gasteiger partial charge in [-0.1, -0.05) is 36.4 Å². The Kier molecular flexibility index (Phi) is 3.44. The molecule has 0 bridgehead atoms. The Bertz CT molecular complexity index is 740. The molecule has 2 aromatic carbocycles. The second kappa shape index (κ2) is 5.39. The minimum atomic E-state index is -0.201. The predicted molar refractivity (Wildman–Crippen MR) is 79.0 cm³/mol. The van der Waals surface area contributed by atoms with E-state index >= 15 is 0 Å². The Balaban J connectivity index is 2.10. The van der Waals surface area contributed by atoms with E-state index in [2.05, 4.69) is 10.3 Å². The first kappa shape index (κ1) is 12.8. The second-order valence-corrected chi connectivity index (χ2v) is 4.70. The normalized spacial score (nSPS) is 12.5. The molecule has 20 heavy (non-hydrogen) atoms. The molecule has 0 aliphatic rings. The Morgan fingerprint density at radius 1 is 1.05 bits per heavy atom. The summed E-state index contributed by atoms with van der Waals surface area (Å²) >= 11 is 0. The van der Waals surface area contributed by atoms with E-state index < -0.39 is 0 Å². The number of hydrogen-bond acceptors (Lipinski definition) is 2. The third-order valence-corrected chi connectivity index (χ3v) is 3.47. The van der Waals surface area contributed by atoms with Crippen molar-refractivity contribution in [3.05, 3.63) is 77.7 Å². The average Bonchev–Trinajstić information content (AvgIpc) is 2.50. The zero-order valence-corrected chi connectivity index (χ0v) is 11.2. The number of nitrogens with one attached hydrogen (secondary N) is 1. The maximum Gasteiger partial charge on any atom is 0.128 e. The van der Waals surface area contributed by atoms with Gasteiger partial charge in [0, 0.05) is 17.1 Å². The van der Waals surface area contributed by atoms with E-state index in [9.17, 15) is 4.39 Å². The van der Waals surface area contributed by atoms with Crippen molar-refractivity contribution in [2.24, 2.45) is 0 Å². The monoisotopic (exact) mass is 266 g/mol. The van der Waals surface area contributed by atoms with Crippen molar-refractivity contribution in [1.82, 2.24) is 10.3 Å². The van der Waals surface area contributed by atoms with Crippen LogP contribution in [0.3, 0.4) is 0 Å². The first-order chi connectivity index (χ1) is 9.79. The highest BCUT2D eigenvalue weighted by Gasteiger charge is 2.16. The average molecular weight is 266 g/mol. The number of pyridine rings is 1. The minimum absolute atomic E-state index is 0.178. The van der Waals surface area contributed by atoms with Crippen LogP contribution in [0.5, 0.6) is 0 Å². The van der Waals surface area contributed by atoms with Gasteiger partial charge in [0.1, 0.15) is 5.82 Å². The van der Waals surface area contributed by atoms with Crippen LogP contribution in [0.25, 0.3) is 10.9 Å². The highest BCUT2D eigenvalue weighted by atomic mass is 19.1. The van der Waals surface area contributed by atoms with Gasteiger partial charge in [-0.25, -0.2) is 4.39 Å². The summed E-state index contributed by atoms with van der Waals surface area (Å²) in [7, 11) is 1.83. The van der Waals surface area contributed by atoms with Crippen molar-refractivity contribution < 1.29 is 4.39 Å². The molecule has 0 aliphatic carbocycles. The topological polar surface area (TPSA) is 24.9 Å². The molecule has 3 rings (SSSR count). The highest BCUT2D eigenvalue weighted by Crippen LogP contribution is 2.26. The minimum Gasteiger partial charge on any atom is -0.309 e. The molecule has 0 fully saturated rings. The van der Waals surface area contributed by atoms with Gasteiger partial charge in [0.2, 0.25) is 0 Å². The molecule has 0 radical (unpaired) electrons. The summed E-state index contributed by atoms with van der Waals surface area (Å²) in [5.41, 5.74) is 2.57. The molecule has 1 heterocycles. The van der Waals surface area contributed by atoms with Crippen LogP contribution in [0.4, 0.5) is 4.39 Å². The Labute approximate surface area is 117 Å². The summed E-state index contributed by atoms with van der Waals surface area (Å²) in [6.45, 7) is 0. The van der Waals surface area contributed by atoms with E-state index in [1.165, 1.54) is 6.07 Å². The maximum atomic E-state index is 14.0. The zero-order chi connectivity index (χ0) is 13.9. The van der Waals surface area contributed by atoms with Gasteiger partial charge in [-0.05, 0) is 30.8 Å². The Hall–Kier alpha value is -2.26. The van der Waals surface area contributed by atoms with Gasteiger partial charge in [0.15, 0.2) is 0 Å². The smallest absolute Gasteiger partial charge is 0.128 e. The van der Waals surface area contributed by atoms with E-state index in [-0.39, 0.29) is 11.9 Å². The number of nitrogens with zero attached hydrogens (tertiary/aromatic N) is 1. The van der Waals surface area contributed by atoms with Crippen LogP contribution in [0, 0.1) is 5.82 Å². The molecule has 3 aromatic rings. The van der Waals surface area contributed by atoms with Gasteiger partial charge in [-0.15, -0.1) is 0 Å². The SMILES string of the molecule is CNC(c1ccc2cccnc2c1)c1ccccc1F. The Morgan fingerprint density at radius 2 is 1.90 bits per heavy atom. The molecule has 1 N–H and O–H groups in total. The van der Waals surface area contributed by atoms with Crippen molar-refractivity contribution in [2.45, 2.75) is 6.04 Å². The lowest BCUT2D eigenvalue weighted by Gasteiger charge is -2.18. The molecule has 3 heteroatoms. The highest BCUT2D eigenvalue weighted by molar-refractivity contribution is 5.79. The van der Waals surface area contributed by atoms with Crippen LogP contribution in [-0.2, 0) is 0 Å². The van der Waals surface area contributed by atoms with Crippen LogP contribution in [0.1, 0.15) is 17.2 Å². The molecule has 0 saturated carbocycles. The lowest BCUT2D eigenvalue weighted by atomic mass is 9.97. The van der Waals surface area contributed by atoms with Gasteiger partial charge < -0.3 is 5.32 Å². The molecule has 0 amide bonds. The van der Waals surface area contributed by atoms with Crippen molar-refractivity contribution in [2.75, 3.05) is 7.05 Å². The number of rotatable bonds is 3. The largest absolute Gasteiger partial charge is 0.309 e. The lowest BCUT2D eigenvalue weighted by molar-refractivity contribution is 0.576. The number of aromatic nitrogens is 1. The molecule has 1 unspecified atom stereocenters. The molecular formula is C17H15FN2. The fourth-order valence-electron chi connectivity index (χ4n) is 2.47. The van der Waals surface area contributed by atoms with Gasteiger partial charge >= 0.3 is 0 Å². The first-order valence-electron chi connectivity index (χ1n) is 6.56. The van der Waals surface area contributed by atoms with Crippen LogP contribution in [0.2, 0.25) is 0 Å². The van der Waals surface area contributed by atoms with Crippen LogP contribution < -0.4 is 5.32 Å². The van der Waals surface area contributed by atoms with Crippen molar-refractivity contribution in [1.29, 1.82) is 0 Å². The quantitative estimate of drug-likeness (QED) is 0.782. The summed E-state index contributed by atoms with van der Waals surface area (Å²) in [6.07, 6.45) is 1.77. The van der Waals surface area contributed by atoms with E-state index in [4.69, 9.17) is 0 Å². The number of fused-ring (bicyclic) bond motifs is 1. The van der Waals surface area contributed by atoms with Crippen LogP contribution in [-0.4, -0.2) is 12.0 Å². The molecule has 0 spiro atoms. The third-order valence-electron chi connectivity index (χ3n) is 3.47. The zero-order valence-electron chi connectivity index (χ0n) is 11.2. The summed E-state index contributed by atoms with van der Waals surface area (Å²) in [5, 5.41) is 4.26. The van der Waals surface area contributed by atoms with Crippen molar-refractivity contribution in [3.63, 3.8) is 0 Å². The van der Waals surface area contributed by atoms with E-state index in [0.717, 1.165) is 16.5 Å². The fourth-order valence-corrected chi connectivity index (χ4v) is 2.47. The number of hydrogen-bond donors (Lipinski definition) is 1. The molecule has 1 aromatic heterocycles. The summed E-state index contributed by atoms with van der Waals surface area (Å²) in [4.78, 5) is 4.35. The second-order valence-electron chi connectivity index (χ2n) is 4.70. The molecule has 2 nitrogen and oxygen atoms in total. The van der Waals surface area contributed by atoms with Crippen molar-refractivity contribution in [3.8, 4) is 0 Å². The molecule has 100 valence electrons. The van der Waals surface area contributed by atoms with Crippen LogP contribution >= 0.6 is 0 Å². The molecular weight excluding hydrogens is 251 g/mol. The standard InChI is InChI=1S/C17H15FN2/c1-19-17(14-6-2-3-7-15(14)18)13-9-8-12-5-4-10-20-16(12)11-13/h2-11,17,19H,1H3. The van der Waals surface area contributed by atoms with Gasteiger partial charge in [0.05, 0.1) is 11.6 Å². The van der Waals surface area contributed by atoms with Crippen molar-refractivity contribution >= 4 is 10.9 Å². The fraction of sp³-hybridized carbons (Fsp3) is 0.118. The van der Waals surface area contributed by atoms with E-state index in [1.54, 1.807) is 18.3 Å². The Morgan fingerprint density at radius 3 is 2.70 bits per heavy atom. The predicted octanol–water partition coefficient (Wildman–Crippen LogP) is 3.68. The number of halogens is 1. The van der Waals surface area contributed by atoms with Crippen LogP contribution in [0.15, 0.2) is 60.8 Å². The van der Waals surface area contributed by atoms with E-state index in [1.807, 2.05) is 43.4 Å². The van der Waals surface area contributed by atoms with Gasteiger partial charge in [0.25, 0.3) is 0 Å². The molecule has 1 atom stereocenters. The lowest BCUT2D eigenvalue weighted by Crippen LogP contribution is -2.18.